The molecule has 3 aromatic heterocycles. The van der Waals surface area contributed by atoms with Crippen molar-refractivity contribution < 1.29 is 0 Å². The van der Waals surface area contributed by atoms with Crippen LogP contribution in [0, 0.1) is 41.5 Å². The Bertz CT molecular complexity index is 3430. The van der Waals surface area contributed by atoms with Crippen molar-refractivity contribution in [2.24, 2.45) is 0 Å². The van der Waals surface area contributed by atoms with Crippen molar-refractivity contribution in [3.8, 4) is 28.2 Å². The van der Waals surface area contributed by atoms with Gasteiger partial charge in [-0.05, 0) is 136 Å². The van der Waals surface area contributed by atoms with E-state index in [1.165, 1.54) is 121 Å². The summed E-state index contributed by atoms with van der Waals surface area (Å²) in [6.07, 6.45) is 0. The van der Waals surface area contributed by atoms with Crippen molar-refractivity contribution >= 4 is 65.4 Å². The Balaban J connectivity index is 1.09. The summed E-state index contributed by atoms with van der Waals surface area (Å²) in [6, 6.07) is 56.8. The van der Waals surface area contributed by atoms with Crippen LogP contribution < -0.4 is 0 Å². The Morgan fingerprint density at radius 2 is 0.614 bits per heavy atom. The van der Waals surface area contributed by atoms with Gasteiger partial charge in [0.05, 0.1) is 44.5 Å². The second-order valence-electron chi connectivity index (χ2n) is 16.2. The average molecular weight is 734 g/mol. The van der Waals surface area contributed by atoms with E-state index in [4.69, 9.17) is 0 Å². The molecule has 0 spiro atoms. The summed E-state index contributed by atoms with van der Waals surface area (Å²) >= 11 is 0. The largest absolute Gasteiger partial charge is 0.309 e. The Kier molecular flexibility index (Phi) is 7.25. The zero-order chi connectivity index (χ0) is 38.7. The van der Waals surface area contributed by atoms with E-state index in [1.807, 2.05) is 0 Å². The first kappa shape index (κ1) is 33.5. The molecular formula is C54H43N3. The Morgan fingerprint density at radius 1 is 0.281 bits per heavy atom. The second-order valence-corrected chi connectivity index (χ2v) is 16.2. The van der Waals surface area contributed by atoms with Crippen LogP contribution in [0.25, 0.3) is 93.6 Å². The minimum Gasteiger partial charge on any atom is -0.309 e. The molecule has 0 bridgehead atoms. The van der Waals surface area contributed by atoms with Gasteiger partial charge in [0.25, 0.3) is 0 Å². The zero-order valence-corrected chi connectivity index (χ0v) is 33.3. The van der Waals surface area contributed by atoms with E-state index in [-0.39, 0.29) is 0 Å². The molecule has 57 heavy (non-hydrogen) atoms. The van der Waals surface area contributed by atoms with Crippen LogP contribution in [-0.2, 0) is 0 Å². The maximum atomic E-state index is 2.47. The third-order valence-electron chi connectivity index (χ3n) is 12.3. The summed E-state index contributed by atoms with van der Waals surface area (Å²) < 4.78 is 7.38. The van der Waals surface area contributed by atoms with Crippen LogP contribution in [0.1, 0.15) is 33.4 Å². The van der Waals surface area contributed by atoms with Gasteiger partial charge in [-0.25, -0.2) is 0 Å². The molecule has 0 aliphatic carbocycles. The van der Waals surface area contributed by atoms with Crippen molar-refractivity contribution in [2.45, 2.75) is 41.5 Å². The SMILES string of the molecule is Cc1cc(C)c(-n2c3ccccc3c3cc(-c4ccc5c(c4)c4ccccc4n5-c4ccc5c(c4)c4ccccc4n5-c4c(C)cc(C)cc4C)ccc32)c(C)c1. The van der Waals surface area contributed by atoms with E-state index in [0.717, 1.165) is 5.69 Å². The van der Waals surface area contributed by atoms with Crippen LogP contribution >= 0.6 is 0 Å². The van der Waals surface area contributed by atoms with Crippen LogP contribution in [0.4, 0.5) is 0 Å². The third-order valence-corrected chi connectivity index (χ3v) is 12.3. The molecule has 0 amide bonds. The van der Waals surface area contributed by atoms with Gasteiger partial charge in [-0.3, -0.25) is 0 Å². The van der Waals surface area contributed by atoms with Crippen molar-refractivity contribution in [1.29, 1.82) is 0 Å². The number of rotatable bonds is 4. The van der Waals surface area contributed by atoms with Gasteiger partial charge in [-0.2, -0.15) is 0 Å². The fraction of sp³-hybridized carbons (Fsp3) is 0.111. The molecule has 0 saturated heterocycles. The summed E-state index contributed by atoms with van der Waals surface area (Å²) in [4.78, 5) is 0. The summed E-state index contributed by atoms with van der Waals surface area (Å²) in [7, 11) is 0. The molecule has 3 nitrogen and oxygen atoms in total. The number of hydrogen-bond acceptors (Lipinski definition) is 0. The Morgan fingerprint density at radius 3 is 1.05 bits per heavy atom. The van der Waals surface area contributed by atoms with Crippen LogP contribution in [0.3, 0.4) is 0 Å². The highest BCUT2D eigenvalue weighted by Gasteiger charge is 2.20. The fourth-order valence-electron chi connectivity index (χ4n) is 10.2. The number of para-hydroxylation sites is 3. The van der Waals surface area contributed by atoms with Gasteiger partial charge < -0.3 is 13.7 Å². The standard InChI is InChI=1S/C54H43N3/c1-32-25-34(3)53(35(4)26-32)56-48-17-11-8-14-42(48)45-30-39(20-23-51(45)56)38-19-22-50-44(29-38)41-13-7-10-16-47(41)55(50)40-21-24-52-46(31-40)43-15-9-12-18-49(43)57(52)54-36(5)27-33(2)28-37(54)6/h7-31H,1-6H3. The third kappa shape index (κ3) is 4.91. The second kappa shape index (κ2) is 12.3. The first-order valence-electron chi connectivity index (χ1n) is 20.0. The Hall–Kier alpha value is -6.84. The summed E-state index contributed by atoms with van der Waals surface area (Å²) in [5.74, 6) is 0. The lowest BCUT2D eigenvalue weighted by molar-refractivity contribution is 1.11. The van der Waals surface area contributed by atoms with Gasteiger partial charge in [-0.15, -0.1) is 0 Å². The molecule has 3 heteroatoms. The molecule has 0 aliphatic heterocycles. The average Bonchev–Trinajstić information content (AvgIpc) is 3.83. The fourth-order valence-corrected chi connectivity index (χ4v) is 10.2. The van der Waals surface area contributed by atoms with Gasteiger partial charge in [0.2, 0.25) is 0 Å². The van der Waals surface area contributed by atoms with E-state index in [1.54, 1.807) is 0 Å². The lowest BCUT2D eigenvalue weighted by Crippen LogP contribution is -2.01. The number of fused-ring (bicyclic) bond motifs is 9. The molecule has 0 radical (unpaired) electrons. The minimum atomic E-state index is 1.16. The van der Waals surface area contributed by atoms with E-state index in [0.29, 0.717) is 0 Å². The predicted molar refractivity (Wildman–Crippen MR) is 243 cm³/mol. The maximum absolute atomic E-state index is 2.47. The number of aryl methyl sites for hydroxylation is 6. The van der Waals surface area contributed by atoms with Crippen LogP contribution in [-0.4, -0.2) is 13.7 Å². The highest BCUT2D eigenvalue weighted by Crippen LogP contribution is 2.41. The van der Waals surface area contributed by atoms with Gasteiger partial charge in [0, 0.05) is 38.0 Å². The van der Waals surface area contributed by atoms with Gasteiger partial charge in [0.1, 0.15) is 0 Å². The normalized spacial score (nSPS) is 12.0. The predicted octanol–water partition coefficient (Wildman–Crippen LogP) is 14.5. The van der Waals surface area contributed by atoms with Crippen LogP contribution in [0.2, 0.25) is 0 Å². The summed E-state index contributed by atoms with van der Waals surface area (Å²) in [5, 5.41) is 7.58. The first-order chi connectivity index (χ1) is 27.7. The van der Waals surface area contributed by atoms with Crippen molar-refractivity contribution in [3.05, 3.63) is 185 Å². The van der Waals surface area contributed by atoms with E-state index >= 15 is 0 Å². The molecule has 11 aromatic rings. The zero-order valence-electron chi connectivity index (χ0n) is 33.3. The van der Waals surface area contributed by atoms with Crippen LogP contribution in [0.15, 0.2) is 152 Å². The minimum absolute atomic E-state index is 1.16. The van der Waals surface area contributed by atoms with E-state index < -0.39 is 0 Å². The molecule has 0 unspecified atom stereocenters. The topological polar surface area (TPSA) is 14.8 Å². The maximum Gasteiger partial charge on any atom is 0.0542 e. The molecule has 0 saturated carbocycles. The van der Waals surface area contributed by atoms with E-state index in [2.05, 4.69) is 207 Å². The number of nitrogens with zero attached hydrogens (tertiary/aromatic N) is 3. The molecule has 274 valence electrons. The van der Waals surface area contributed by atoms with E-state index in [9.17, 15) is 0 Å². The molecule has 0 fully saturated rings. The molecule has 3 heterocycles. The van der Waals surface area contributed by atoms with Gasteiger partial charge >= 0.3 is 0 Å². The monoisotopic (exact) mass is 733 g/mol. The molecule has 0 N–H and O–H groups in total. The number of benzene rings is 8. The quantitative estimate of drug-likeness (QED) is 0.171. The van der Waals surface area contributed by atoms with Crippen molar-refractivity contribution in [3.63, 3.8) is 0 Å². The highest BCUT2D eigenvalue weighted by molar-refractivity contribution is 6.14. The summed E-state index contributed by atoms with van der Waals surface area (Å²) in [6.45, 7) is 13.3. The van der Waals surface area contributed by atoms with Gasteiger partial charge in [-0.1, -0.05) is 102 Å². The van der Waals surface area contributed by atoms with Crippen LogP contribution in [0.5, 0.6) is 0 Å². The summed E-state index contributed by atoms with van der Waals surface area (Å²) in [5.41, 5.74) is 21.2. The molecule has 0 aliphatic rings. The molecular weight excluding hydrogens is 691 g/mol. The van der Waals surface area contributed by atoms with Crippen molar-refractivity contribution in [1.82, 2.24) is 13.7 Å². The lowest BCUT2D eigenvalue weighted by atomic mass is 10.0. The Labute approximate surface area is 332 Å². The van der Waals surface area contributed by atoms with Gasteiger partial charge in [0.15, 0.2) is 0 Å². The molecule has 8 aromatic carbocycles. The number of aromatic nitrogens is 3. The van der Waals surface area contributed by atoms with Crippen molar-refractivity contribution in [2.75, 3.05) is 0 Å². The smallest absolute Gasteiger partial charge is 0.0542 e. The highest BCUT2D eigenvalue weighted by atomic mass is 15.0. The number of hydrogen-bond donors (Lipinski definition) is 0. The lowest BCUT2D eigenvalue weighted by Gasteiger charge is -2.16. The molecule has 0 atom stereocenters. The first-order valence-corrected chi connectivity index (χ1v) is 20.0. The molecule has 11 rings (SSSR count).